The summed E-state index contributed by atoms with van der Waals surface area (Å²) in [6.45, 7) is 1.65. The first-order valence-corrected chi connectivity index (χ1v) is 6.65. The fourth-order valence-electron chi connectivity index (χ4n) is 1.69. The van der Waals surface area contributed by atoms with E-state index in [2.05, 4.69) is 15.9 Å². The van der Waals surface area contributed by atoms with Gasteiger partial charge in [0.25, 0.3) is 0 Å². The molecule has 2 rings (SSSR count). The smallest absolute Gasteiger partial charge is 0.167 e. The Morgan fingerprint density at radius 3 is 2.60 bits per heavy atom. The number of hydrogen-bond acceptors (Lipinski definition) is 3. The molecule has 2 aromatic rings. The van der Waals surface area contributed by atoms with Crippen LogP contribution in [0.2, 0.25) is 0 Å². The second-order valence-electron chi connectivity index (χ2n) is 4.22. The third-order valence-electron chi connectivity index (χ3n) is 2.71. The fourth-order valence-corrected chi connectivity index (χ4v) is 2.38. The van der Waals surface area contributed by atoms with E-state index in [-0.39, 0.29) is 11.3 Å². The second-order valence-corrected chi connectivity index (χ2v) is 5.07. The molecule has 0 aromatic heterocycles. The summed E-state index contributed by atoms with van der Waals surface area (Å²) in [5.41, 5.74) is 0.957. The summed E-state index contributed by atoms with van der Waals surface area (Å²) in [5.74, 6) is -0.120. The molecule has 0 saturated heterocycles. The number of hydrogen-bond donors (Lipinski definition) is 1. The van der Waals surface area contributed by atoms with Crippen LogP contribution in [0, 0.1) is 17.1 Å². The molecule has 5 heteroatoms. The largest absolute Gasteiger partial charge is 0.454 e. The van der Waals surface area contributed by atoms with Gasteiger partial charge in [-0.05, 0) is 42.8 Å². The molecule has 0 bridgehead atoms. The van der Waals surface area contributed by atoms with Crippen LogP contribution in [0.4, 0.5) is 4.39 Å². The Hall–Kier alpha value is -1.90. The zero-order chi connectivity index (χ0) is 14.7. The molecular formula is C15H11BrFNO2. The summed E-state index contributed by atoms with van der Waals surface area (Å²) in [5, 5.41) is 18.2. The van der Waals surface area contributed by atoms with E-state index in [1.807, 2.05) is 6.07 Å². The number of halogens is 2. The van der Waals surface area contributed by atoms with Gasteiger partial charge in [0.05, 0.1) is 17.7 Å². The van der Waals surface area contributed by atoms with E-state index in [4.69, 9.17) is 10.00 Å². The minimum Gasteiger partial charge on any atom is -0.454 e. The summed E-state index contributed by atoms with van der Waals surface area (Å²) < 4.78 is 19.8. The predicted molar refractivity (Wildman–Crippen MR) is 76.0 cm³/mol. The van der Waals surface area contributed by atoms with E-state index in [0.29, 0.717) is 10.2 Å². The fraction of sp³-hybridized carbons (Fsp3) is 0.133. The summed E-state index contributed by atoms with van der Waals surface area (Å²) in [7, 11) is 0. The molecule has 20 heavy (non-hydrogen) atoms. The number of ether oxygens (including phenoxy) is 1. The minimum atomic E-state index is -0.606. The average Bonchev–Trinajstić information content (AvgIpc) is 2.40. The van der Waals surface area contributed by atoms with Crippen molar-refractivity contribution in [2.24, 2.45) is 0 Å². The van der Waals surface area contributed by atoms with Crippen LogP contribution in [0.3, 0.4) is 0 Å². The number of aliphatic hydroxyl groups excluding tert-OH is 1. The Morgan fingerprint density at radius 2 is 2.05 bits per heavy atom. The highest BCUT2D eigenvalue weighted by Crippen LogP contribution is 2.31. The zero-order valence-electron chi connectivity index (χ0n) is 10.6. The van der Waals surface area contributed by atoms with Crippen LogP contribution in [0.1, 0.15) is 24.2 Å². The van der Waals surface area contributed by atoms with Crippen molar-refractivity contribution in [3.05, 3.63) is 57.8 Å². The van der Waals surface area contributed by atoms with Gasteiger partial charge in [-0.3, -0.25) is 0 Å². The van der Waals surface area contributed by atoms with Gasteiger partial charge in [-0.2, -0.15) is 5.26 Å². The van der Waals surface area contributed by atoms with Crippen molar-refractivity contribution in [1.29, 1.82) is 5.26 Å². The SMILES string of the molecule is C[C@H](O)c1ccc(Oc2ccc(C#N)cc2F)cc1Br. The van der Waals surface area contributed by atoms with Gasteiger partial charge in [0.1, 0.15) is 5.75 Å². The Labute approximate surface area is 124 Å². The Kier molecular flexibility index (Phi) is 4.38. The third kappa shape index (κ3) is 3.16. The molecule has 102 valence electrons. The Bertz CT molecular complexity index is 680. The second kappa shape index (κ2) is 6.04. The van der Waals surface area contributed by atoms with E-state index >= 15 is 0 Å². The lowest BCUT2D eigenvalue weighted by Crippen LogP contribution is -1.94. The van der Waals surface area contributed by atoms with Crippen molar-refractivity contribution in [2.75, 3.05) is 0 Å². The highest BCUT2D eigenvalue weighted by atomic mass is 79.9. The molecule has 2 aromatic carbocycles. The lowest BCUT2D eigenvalue weighted by Gasteiger charge is -2.11. The monoisotopic (exact) mass is 335 g/mol. The molecular weight excluding hydrogens is 325 g/mol. The molecule has 1 atom stereocenters. The average molecular weight is 336 g/mol. The van der Waals surface area contributed by atoms with Crippen LogP contribution in [-0.4, -0.2) is 5.11 Å². The first-order chi connectivity index (χ1) is 9.51. The standard InChI is InChI=1S/C15H11BrFNO2/c1-9(19)12-4-3-11(7-13(12)16)20-15-5-2-10(8-18)6-14(15)17/h2-7,9,19H,1H3/t9-/m0/s1. The number of nitriles is 1. The summed E-state index contributed by atoms with van der Waals surface area (Å²) >= 11 is 3.33. The summed E-state index contributed by atoms with van der Waals surface area (Å²) in [4.78, 5) is 0. The topological polar surface area (TPSA) is 53.2 Å². The summed E-state index contributed by atoms with van der Waals surface area (Å²) in [6.07, 6.45) is -0.606. The number of aliphatic hydroxyl groups is 1. The molecule has 0 fully saturated rings. The van der Waals surface area contributed by atoms with Crippen molar-refractivity contribution in [3.8, 4) is 17.6 Å². The van der Waals surface area contributed by atoms with Crippen LogP contribution in [0.15, 0.2) is 40.9 Å². The predicted octanol–water partition coefficient (Wildman–Crippen LogP) is 4.31. The van der Waals surface area contributed by atoms with Gasteiger partial charge in [0.2, 0.25) is 0 Å². The van der Waals surface area contributed by atoms with Gasteiger partial charge < -0.3 is 9.84 Å². The highest BCUT2D eigenvalue weighted by Gasteiger charge is 2.10. The maximum atomic E-state index is 13.7. The molecule has 0 unspecified atom stereocenters. The van der Waals surface area contributed by atoms with E-state index in [1.165, 1.54) is 12.1 Å². The molecule has 0 amide bonds. The van der Waals surface area contributed by atoms with Crippen molar-refractivity contribution >= 4 is 15.9 Å². The van der Waals surface area contributed by atoms with Crippen molar-refractivity contribution in [2.45, 2.75) is 13.0 Å². The van der Waals surface area contributed by atoms with Crippen LogP contribution >= 0.6 is 15.9 Å². The molecule has 0 aliphatic rings. The van der Waals surface area contributed by atoms with Gasteiger partial charge >= 0.3 is 0 Å². The van der Waals surface area contributed by atoms with Crippen molar-refractivity contribution in [1.82, 2.24) is 0 Å². The molecule has 0 saturated carbocycles. The van der Waals surface area contributed by atoms with Gasteiger partial charge in [0, 0.05) is 4.47 Å². The third-order valence-corrected chi connectivity index (χ3v) is 3.40. The lowest BCUT2D eigenvalue weighted by molar-refractivity contribution is 0.198. The van der Waals surface area contributed by atoms with Gasteiger partial charge in [-0.25, -0.2) is 4.39 Å². The molecule has 0 spiro atoms. The highest BCUT2D eigenvalue weighted by molar-refractivity contribution is 9.10. The molecule has 0 aliphatic carbocycles. The Balaban J connectivity index is 2.27. The number of rotatable bonds is 3. The quantitative estimate of drug-likeness (QED) is 0.909. The minimum absolute atomic E-state index is 0.0423. The van der Waals surface area contributed by atoms with Gasteiger partial charge in [-0.15, -0.1) is 0 Å². The van der Waals surface area contributed by atoms with E-state index in [9.17, 15) is 9.50 Å². The first-order valence-electron chi connectivity index (χ1n) is 5.86. The van der Waals surface area contributed by atoms with Crippen LogP contribution in [-0.2, 0) is 0 Å². The van der Waals surface area contributed by atoms with Crippen molar-refractivity contribution in [3.63, 3.8) is 0 Å². The van der Waals surface area contributed by atoms with E-state index in [1.54, 1.807) is 25.1 Å². The first kappa shape index (κ1) is 14.5. The van der Waals surface area contributed by atoms with Crippen LogP contribution < -0.4 is 4.74 Å². The summed E-state index contributed by atoms with van der Waals surface area (Å²) in [6, 6.07) is 10.9. The van der Waals surface area contributed by atoms with Crippen molar-refractivity contribution < 1.29 is 14.2 Å². The lowest BCUT2D eigenvalue weighted by atomic mass is 10.1. The maximum Gasteiger partial charge on any atom is 0.167 e. The molecule has 0 heterocycles. The normalized spacial score (nSPS) is 11.8. The molecule has 0 aliphatic heterocycles. The van der Waals surface area contributed by atoms with E-state index in [0.717, 1.165) is 11.6 Å². The Morgan fingerprint density at radius 1 is 1.30 bits per heavy atom. The molecule has 1 N–H and O–H groups in total. The maximum absolute atomic E-state index is 13.7. The number of nitrogens with zero attached hydrogens (tertiary/aromatic N) is 1. The van der Waals surface area contributed by atoms with E-state index < -0.39 is 11.9 Å². The molecule has 0 radical (unpaired) electrons. The zero-order valence-corrected chi connectivity index (χ0v) is 12.2. The number of benzene rings is 2. The van der Waals surface area contributed by atoms with Crippen LogP contribution in [0.25, 0.3) is 0 Å². The van der Waals surface area contributed by atoms with Gasteiger partial charge in [0.15, 0.2) is 11.6 Å². The van der Waals surface area contributed by atoms with Crippen LogP contribution in [0.5, 0.6) is 11.5 Å². The van der Waals surface area contributed by atoms with Gasteiger partial charge in [-0.1, -0.05) is 22.0 Å². The molecule has 3 nitrogen and oxygen atoms in total.